The molecule has 0 heterocycles. The number of rotatable bonds is 3. The zero-order valence-corrected chi connectivity index (χ0v) is 7.97. The van der Waals surface area contributed by atoms with E-state index in [1.807, 2.05) is 0 Å². The van der Waals surface area contributed by atoms with Gasteiger partial charge in [-0.1, -0.05) is 0 Å². The molecule has 11 heavy (non-hydrogen) atoms. The van der Waals surface area contributed by atoms with Crippen LogP contribution in [0.3, 0.4) is 0 Å². The molecule has 0 amide bonds. The van der Waals surface area contributed by atoms with Crippen LogP contribution in [0.15, 0.2) is 0 Å². The SMILES string of the molecule is CCC([PH](O)(O)O)[PH](O)(O)O. The third-order valence-electron chi connectivity index (χ3n) is 1.34. The van der Waals surface area contributed by atoms with Crippen molar-refractivity contribution in [2.24, 2.45) is 0 Å². The third-order valence-corrected chi connectivity index (χ3v) is 6.35. The minimum atomic E-state index is -4.61. The molecule has 0 saturated carbocycles. The van der Waals surface area contributed by atoms with Gasteiger partial charge in [0.1, 0.15) is 0 Å². The predicted molar refractivity (Wildman–Crippen MR) is 44.0 cm³/mol. The maximum atomic E-state index is 8.62. The summed E-state index contributed by atoms with van der Waals surface area (Å²) in [5.41, 5.74) is 0. The van der Waals surface area contributed by atoms with Crippen LogP contribution in [0.25, 0.3) is 0 Å². The molecule has 0 aliphatic heterocycles. The van der Waals surface area contributed by atoms with Crippen LogP contribution in [0.5, 0.6) is 0 Å². The molecule has 0 bridgehead atoms. The van der Waals surface area contributed by atoms with Crippen LogP contribution in [-0.2, 0) is 0 Å². The molecule has 0 spiro atoms. The molecule has 8 heteroatoms. The van der Waals surface area contributed by atoms with E-state index >= 15 is 0 Å². The molecule has 72 valence electrons. The van der Waals surface area contributed by atoms with Gasteiger partial charge in [0.25, 0.3) is 0 Å². The topological polar surface area (TPSA) is 121 Å². The molecule has 0 unspecified atom stereocenters. The van der Waals surface area contributed by atoms with Gasteiger partial charge in [0.05, 0.1) is 0 Å². The van der Waals surface area contributed by atoms with Crippen molar-refractivity contribution < 1.29 is 29.4 Å². The number of hydrogen-bond acceptors (Lipinski definition) is 6. The van der Waals surface area contributed by atoms with Gasteiger partial charge in [0.2, 0.25) is 0 Å². The van der Waals surface area contributed by atoms with Crippen LogP contribution in [0.1, 0.15) is 13.3 Å². The molecule has 0 rings (SSSR count). The minimum absolute atomic E-state index is 0.0918. The van der Waals surface area contributed by atoms with E-state index in [2.05, 4.69) is 0 Å². The third kappa shape index (κ3) is 3.69. The summed E-state index contributed by atoms with van der Waals surface area (Å²) in [6, 6.07) is 0. The quantitative estimate of drug-likeness (QED) is 0.319. The summed E-state index contributed by atoms with van der Waals surface area (Å²) < 4.78 is 0. The fraction of sp³-hybridized carbons (Fsp3) is 1.00. The zero-order valence-electron chi connectivity index (χ0n) is 5.97. The van der Waals surface area contributed by atoms with E-state index in [0.717, 1.165) is 0 Å². The van der Waals surface area contributed by atoms with Crippen molar-refractivity contribution in [2.45, 2.75) is 18.7 Å². The second-order valence-electron chi connectivity index (χ2n) is 2.34. The Kier molecular flexibility index (Phi) is 3.76. The van der Waals surface area contributed by atoms with E-state index in [4.69, 9.17) is 29.4 Å². The molecule has 0 saturated heterocycles. The van der Waals surface area contributed by atoms with Crippen LogP contribution in [0.2, 0.25) is 0 Å². The van der Waals surface area contributed by atoms with Crippen molar-refractivity contribution in [3.63, 3.8) is 0 Å². The predicted octanol–water partition coefficient (Wildman–Crippen LogP) is -1.33. The Morgan fingerprint density at radius 1 is 0.909 bits per heavy atom. The van der Waals surface area contributed by atoms with E-state index in [1.165, 1.54) is 6.92 Å². The Labute approximate surface area is 64.9 Å². The van der Waals surface area contributed by atoms with Crippen molar-refractivity contribution in [3.8, 4) is 0 Å². The Hall–Kier alpha value is 0.620. The van der Waals surface area contributed by atoms with E-state index in [1.54, 1.807) is 0 Å². The van der Waals surface area contributed by atoms with Gasteiger partial charge < -0.3 is 0 Å². The fourth-order valence-corrected chi connectivity index (χ4v) is 3.98. The van der Waals surface area contributed by atoms with Crippen LogP contribution >= 0.6 is 15.9 Å². The van der Waals surface area contributed by atoms with Crippen molar-refractivity contribution in [1.82, 2.24) is 0 Å². The second-order valence-corrected chi connectivity index (χ2v) is 7.06. The van der Waals surface area contributed by atoms with Crippen LogP contribution < -0.4 is 0 Å². The van der Waals surface area contributed by atoms with Gasteiger partial charge in [-0.15, -0.1) is 0 Å². The van der Waals surface area contributed by atoms with Gasteiger partial charge in [0, 0.05) is 0 Å². The maximum absolute atomic E-state index is 8.62. The molecule has 0 aromatic rings. The molecular formula is C3H14O6P2. The molecule has 6 nitrogen and oxygen atoms in total. The van der Waals surface area contributed by atoms with Gasteiger partial charge in [-0.25, -0.2) is 0 Å². The van der Waals surface area contributed by atoms with Gasteiger partial charge in [-0.05, 0) is 0 Å². The molecule has 0 aromatic carbocycles. The van der Waals surface area contributed by atoms with Crippen LogP contribution in [0, 0.1) is 0 Å². The molecule has 0 radical (unpaired) electrons. The first-order chi connectivity index (χ1) is 4.69. The van der Waals surface area contributed by atoms with E-state index < -0.39 is 21.3 Å². The average molecular weight is 208 g/mol. The van der Waals surface area contributed by atoms with Gasteiger partial charge in [-0.2, -0.15) is 0 Å². The van der Waals surface area contributed by atoms with Crippen molar-refractivity contribution in [2.75, 3.05) is 0 Å². The average Bonchev–Trinajstić information content (AvgIpc) is 1.56. The fourth-order valence-electron chi connectivity index (χ4n) is 0.808. The molecular weight excluding hydrogens is 194 g/mol. The summed E-state index contributed by atoms with van der Waals surface area (Å²) in [5.74, 6) is 0. The normalized spacial score (nSPS) is 19.5. The van der Waals surface area contributed by atoms with Gasteiger partial charge in [0.15, 0.2) is 0 Å². The Bertz CT molecular complexity index is 111. The van der Waals surface area contributed by atoms with Crippen molar-refractivity contribution >= 4 is 15.9 Å². The summed E-state index contributed by atoms with van der Waals surface area (Å²) in [6.07, 6.45) is -0.0918. The summed E-state index contributed by atoms with van der Waals surface area (Å²) in [4.78, 5) is 51.7. The van der Waals surface area contributed by atoms with Crippen LogP contribution in [0.4, 0.5) is 0 Å². The molecule has 0 aliphatic carbocycles. The van der Waals surface area contributed by atoms with E-state index in [-0.39, 0.29) is 6.42 Å². The summed E-state index contributed by atoms with van der Waals surface area (Å²) in [7, 11) is -9.22. The molecule has 6 N–H and O–H groups in total. The van der Waals surface area contributed by atoms with Gasteiger partial charge >= 0.3 is 64.0 Å². The summed E-state index contributed by atoms with van der Waals surface area (Å²) in [6.45, 7) is 1.40. The Morgan fingerprint density at radius 2 is 1.18 bits per heavy atom. The first-order valence-electron chi connectivity index (χ1n) is 3.03. The Morgan fingerprint density at radius 3 is 1.18 bits per heavy atom. The van der Waals surface area contributed by atoms with Crippen molar-refractivity contribution in [1.29, 1.82) is 0 Å². The van der Waals surface area contributed by atoms with Crippen LogP contribution in [-0.4, -0.2) is 34.8 Å². The molecule has 0 fully saturated rings. The first kappa shape index (κ1) is 11.6. The summed E-state index contributed by atoms with van der Waals surface area (Å²) in [5, 5.41) is -1.57. The molecule has 0 aliphatic rings. The van der Waals surface area contributed by atoms with Gasteiger partial charge in [-0.3, -0.25) is 0 Å². The monoisotopic (exact) mass is 208 g/mol. The molecule has 0 aromatic heterocycles. The zero-order chi connectivity index (χ0) is 9.28. The Balaban J connectivity index is 4.43. The van der Waals surface area contributed by atoms with Crippen molar-refractivity contribution in [3.05, 3.63) is 0 Å². The standard InChI is InChI=1S/C3H14O6P2/c1-2-3(10(4,5)6)11(7,8)9/h3-11H,2H2,1H3. The molecule has 0 atom stereocenters. The number of hydrogen-bond donors (Lipinski definition) is 6. The van der Waals surface area contributed by atoms with E-state index in [0.29, 0.717) is 0 Å². The summed E-state index contributed by atoms with van der Waals surface area (Å²) >= 11 is 0. The van der Waals surface area contributed by atoms with E-state index in [9.17, 15) is 0 Å². The first-order valence-corrected chi connectivity index (χ1v) is 6.87. The second kappa shape index (κ2) is 3.56.